The van der Waals surface area contributed by atoms with Crippen molar-refractivity contribution in [3.8, 4) is 11.5 Å². The number of aliphatic hydroxyl groups is 1. The summed E-state index contributed by atoms with van der Waals surface area (Å²) in [5, 5.41) is 27.8. The molecule has 0 amide bonds. The molecule has 0 saturated carbocycles. The van der Waals surface area contributed by atoms with E-state index in [0.29, 0.717) is 0 Å². The lowest BCUT2D eigenvalue weighted by atomic mass is 10.0. The monoisotopic (exact) mass is 235 g/mol. The summed E-state index contributed by atoms with van der Waals surface area (Å²) in [6.07, 6.45) is -1.44. The predicted octanol–water partition coefficient (Wildman–Crippen LogP) is 1.27. The standard InChI is InChI=1S/C9H11ClFNO3/c1-3(12)8(14)6-7(11)5(13)2-4(10)9(6)15/h2-3,8,13-15H,12H2,1H3. The van der Waals surface area contributed by atoms with Gasteiger partial charge in [0.2, 0.25) is 0 Å². The van der Waals surface area contributed by atoms with E-state index in [1.165, 1.54) is 6.92 Å². The molecule has 0 heterocycles. The van der Waals surface area contributed by atoms with E-state index >= 15 is 0 Å². The molecule has 6 heteroatoms. The number of phenols is 2. The first-order valence-electron chi connectivity index (χ1n) is 4.19. The van der Waals surface area contributed by atoms with Crippen LogP contribution in [0.1, 0.15) is 18.6 Å². The first kappa shape index (κ1) is 12.0. The Morgan fingerprint density at radius 2 is 2.00 bits per heavy atom. The minimum atomic E-state index is -1.44. The van der Waals surface area contributed by atoms with Crippen molar-refractivity contribution in [1.82, 2.24) is 0 Å². The topological polar surface area (TPSA) is 86.7 Å². The number of hydrogen-bond donors (Lipinski definition) is 4. The fraction of sp³-hybridized carbons (Fsp3) is 0.333. The molecule has 0 fully saturated rings. The summed E-state index contributed by atoms with van der Waals surface area (Å²) in [6, 6.07) is 0.0483. The Morgan fingerprint density at radius 3 is 2.47 bits per heavy atom. The Labute approximate surface area is 90.7 Å². The normalized spacial score (nSPS) is 15.0. The molecule has 0 saturated heterocycles. The molecule has 2 atom stereocenters. The van der Waals surface area contributed by atoms with Crippen LogP contribution in [-0.4, -0.2) is 21.4 Å². The van der Waals surface area contributed by atoms with Crippen LogP contribution in [0.3, 0.4) is 0 Å². The Bertz CT molecular complexity index is 358. The zero-order chi connectivity index (χ0) is 11.7. The third-order valence-corrected chi connectivity index (χ3v) is 2.29. The zero-order valence-corrected chi connectivity index (χ0v) is 8.66. The van der Waals surface area contributed by atoms with Crippen LogP contribution in [0.25, 0.3) is 0 Å². The molecule has 5 N–H and O–H groups in total. The highest BCUT2D eigenvalue weighted by Gasteiger charge is 2.25. The number of phenolic OH excluding ortho intramolecular Hbond substituents is 2. The first-order valence-corrected chi connectivity index (χ1v) is 4.57. The third kappa shape index (κ3) is 2.14. The average Bonchev–Trinajstić information content (AvgIpc) is 2.15. The lowest BCUT2D eigenvalue weighted by Gasteiger charge is -2.18. The molecule has 0 bridgehead atoms. The maximum atomic E-state index is 13.4. The van der Waals surface area contributed by atoms with Gasteiger partial charge in [0.05, 0.1) is 10.6 Å². The van der Waals surface area contributed by atoms with E-state index in [9.17, 15) is 14.6 Å². The molecule has 1 aromatic carbocycles. The molecule has 1 aromatic rings. The van der Waals surface area contributed by atoms with Gasteiger partial charge >= 0.3 is 0 Å². The van der Waals surface area contributed by atoms with E-state index in [0.717, 1.165) is 6.07 Å². The van der Waals surface area contributed by atoms with Gasteiger partial charge in [0.25, 0.3) is 0 Å². The third-order valence-electron chi connectivity index (χ3n) is 2.00. The highest BCUT2D eigenvalue weighted by atomic mass is 35.5. The van der Waals surface area contributed by atoms with E-state index in [-0.39, 0.29) is 5.02 Å². The van der Waals surface area contributed by atoms with Crippen LogP contribution in [-0.2, 0) is 0 Å². The summed E-state index contributed by atoms with van der Waals surface area (Å²) in [7, 11) is 0. The van der Waals surface area contributed by atoms with Crippen molar-refractivity contribution in [3.05, 3.63) is 22.5 Å². The van der Waals surface area contributed by atoms with Crippen molar-refractivity contribution >= 4 is 11.6 Å². The fourth-order valence-corrected chi connectivity index (χ4v) is 1.36. The Kier molecular flexibility index (Phi) is 3.38. The molecule has 0 aliphatic heterocycles. The maximum Gasteiger partial charge on any atom is 0.174 e. The van der Waals surface area contributed by atoms with Crippen LogP contribution < -0.4 is 5.73 Å². The van der Waals surface area contributed by atoms with Crippen LogP contribution in [0.15, 0.2) is 6.07 Å². The molecule has 2 unspecified atom stereocenters. The minimum absolute atomic E-state index is 0.247. The van der Waals surface area contributed by atoms with Gasteiger partial charge in [-0.05, 0) is 6.92 Å². The van der Waals surface area contributed by atoms with Gasteiger partial charge in [-0.1, -0.05) is 11.6 Å². The first-order chi connectivity index (χ1) is 6.86. The lowest BCUT2D eigenvalue weighted by Crippen LogP contribution is -2.25. The number of halogens is 2. The van der Waals surface area contributed by atoms with Gasteiger partial charge in [0.15, 0.2) is 11.6 Å². The summed E-state index contributed by atoms with van der Waals surface area (Å²) in [5.41, 5.74) is 4.86. The van der Waals surface area contributed by atoms with Crippen LogP contribution in [0.4, 0.5) is 4.39 Å². The Balaban J connectivity index is 3.39. The largest absolute Gasteiger partial charge is 0.506 e. The van der Waals surface area contributed by atoms with Crippen molar-refractivity contribution in [2.45, 2.75) is 19.1 Å². The Morgan fingerprint density at radius 1 is 1.47 bits per heavy atom. The van der Waals surface area contributed by atoms with Gasteiger partial charge in [0.1, 0.15) is 11.9 Å². The maximum absolute atomic E-state index is 13.4. The molecule has 1 rings (SSSR count). The number of benzene rings is 1. The molecular weight excluding hydrogens is 225 g/mol. The molecule has 4 nitrogen and oxygen atoms in total. The fourth-order valence-electron chi connectivity index (χ4n) is 1.16. The molecule has 84 valence electrons. The predicted molar refractivity (Wildman–Crippen MR) is 53.3 cm³/mol. The summed E-state index contributed by atoms with van der Waals surface area (Å²) in [6.45, 7) is 1.43. The van der Waals surface area contributed by atoms with Gasteiger partial charge in [-0.15, -0.1) is 0 Å². The SMILES string of the molecule is CC(N)C(O)c1c(O)c(Cl)cc(O)c1F. The van der Waals surface area contributed by atoms with Crippen molar-refractivity contribution in [1.29, 1.82) is 0 Å². The molecule has 0 spiro atoms. The van der Waals surface area contributed by atoms with E-state index in [1.807, 2.05) is 0 Å². The highest BCUT2D eigenvalue weighted by molar-refractivity contribution is 6.32. The summed E-state index contributed by atoms with van der Waals surface area (Å²) in [4.78, 5) is 0. The number of nitrogens with two attached hydrogens (primary N) is 1. The highest BCUT2D eigenvalue weighted by Crippen LogP contribution is 2.39. The van der Waals surface area contributed by atoms with Gasteiger partial charge in [-0.2, -0.15) is 0 Å². The van der Waals surface area contributed by atoms with E-state index in [2.05, 4.69) is 0 Å². The molecule has 0 aliphatic carbocycles. The van der Waals surface area contributed by atoms with Crippen LogP contribution >= 0.6 is 11.6 Å². The molecule has 15 heavy (non-hydrogen) atoms. The summed E-state index contributed by atoms with van der Waals surface area (Å²) < 4.78 is 13.4. The molecular formula is C9H11ClFNO3. The molecule has 0 aromatic heterocycles. The van der Waals surface area contributed by atoms with Crippen molar-refractivity contribution in [2.24, 2.45) is 5.73 Å². The summed E-state index contributed by atoms with van der Waals surface area (Å²) >= 11 is 5.51. The van der Waals surface area contributed by atoms with Crippen molar-refractivity contribution in [3.63, 3.8) is 0 Å². The lowest BCUT2D eigenvalue weighted by molar-refractivity contribution is 0.144. The number of aromatic hydroxyl groups is 2. The van der Waals surface area contributed by atoms with Crippen LogP contribution in [0.5, 0.6) is 11.5 Å². The second-order valence-electron chi connectivity index (χ2n) is 3.26. The van der Waals surface area contributed by atoms with Crippen molar-refractivity contribution in [2.75, 3.05) is 0 Å². The minimum Gasteiger partial charge on any atom is -0.506 e. The van der Waals surface area contributed by atoms with Gasteiger partial charge in [-0.3, -0.25) is 0 Å². The van der Waals surface area contributed by atoms with E-state index in [1.54, 1.807) is 0 Å². The van der Waals surface area contributed by atoms with E-state index in [4.69, 9.17) is 22.4 Å². The van der Waals surface area contributed by atoms with Crippen LogP contribution in [0.2, 0.25) is 5.02 Å². The number of rotatable bonds is 2. The summed E-state index contributed by atoms with van der Waals surface area (Å²) in [5.74, 6) is -2.48. The molecule has 0 radical (unpaired) electrons. The number of hydrogen-bond acceptors (Lipinski definition) is 4. The van der Waals surface area contributed by atoms with Crippen molar-refractivity contribution < 1.29 is 19.7 Å². The average molecular weight is 236 g/mol. The second kappa shape index (κ2) is 4.22. The second-order valence-corrected chi connectivity index (χ2v) is 3.66. The quantitative estimate of drug-likeness (QED) is 0.582. The van der Waals surface area contributed by atoms with Gasteiger partial charge < -0.3 is 21.1 Å². The smallest absolute Gasteiger partial charge is 0.174 e. The Hall–Kier alpha value is -1.04. The van der Waals surface area contributed by atoms with Gasteiger partial charge in [-0.25, -0.2) is 4.39 Å². The zero-order valence-electron chi connectivity index (χ0n) is 7.91. The van der Waals surface area contributed by atoms with Crippen LogP contribution in [0, 0.1) is 5.82 Å². The molecule has 0 aliphatic rings. The number of aliphatic hydroxyl groups excluding tert-OH is 1. The van der Waals surface area contributed by atoms with E-state index < -0.39 is 35.0 Å². The van der Waals surface area contributed by atoms with Gasteiger partial charge in [0, 0.05) is 12.1 Å².